The van der Waals surface area contributed by atoms with Crippen LogP contribution in [0.3, 0.4) is 0 Å². The lowest BCUT2D eigenvalue weighted by atomic mass is 9.76. The van der Waals surface area contributed by atoms with Crippen molar-refractivity contribution in [3.05, 3.63) is 22.4 Å². The number of thiophene rings is 1. The van der Waals surface area contributed by atoms with Gasteiger partial charge in [0.2, 0.25) is 5.91 Å². The summed E-state index contributed by atoms with van der Waals surface area (Å²) in [5.41, 5.74) is 5.40. The van der Waals surface area contributed by atoms with E-state index in [1.165, 1.54) is 11.3 Å². The van der Waals surface area contributed by atoms with Crippen molar-refractivity contribution in [1.29, 1.82) is 0 Å². The first-order valence-corrected chi connectivity index (χ1v) is 8.14. The zero-order valence-corrected chi connectivity index (χ0v) is 13.0. The summed E-state index contributed by atoms with van der Waals surface area (Å²) in [7, 11) is 0. The van der Waals surface area contributed by atoms with Crippen molar-refractivity contribution in [2.45, 2.75) is 50.6 Å². The molecule has 0 spiro atoms. The second-order valence-corrected chi connectivity index (χ2v) is 6.98. The lowest BCUT2D eigenvalue weighted by Crippen LogP contribution is -2.56. The molecule has 1 fully saturated rings. The number of hydrogen-bond donors (Lipinski definition) is 3. The van der Waals surface area contributed by atoms with Gasteiger partial charge in [0.15, 0.2) is 0 Å². The molecule has 3 atom stereocenters. The van der Waals surface area contributed by atoms with Gasteiger partial charge in [-0.3, -0.25) is 9.59 Å². The van der Waals surface area contributed by atoms with Gasteiger partial charge in [0.25, 0.3) is 0 Å². The van der Waals surface area contributed by atoms with Crippen LogP contribution in [0.25, 0.3) is 0 Å². The van der Waals surface area contributed by atoms with Crippen molar-refractivity contribution in [1.82, 2.24) is 5.32 Å². The SMILES string of the molecule is CC1CCCC(N)(C(=O)NC(CC(=O)O)c2cccs2)C1. The van der Waals surface area contributed by atoms with Crippen LogP contribution in [0.4, 0.5) is 0 Å². The van der Waals surface area contributed by atoms with Gasteiger partial charge in [0.1, 0.15) is 0 Å². The fourth-order valence-corrected chi connectivity index (χ4v) is 3.76. The Balaban J connectivity index is 2.09. The van der Waals surface area contributed by atoms with Crippen molar-refractivity contribution < 1.29 is 14.7 Å². The minimum atomic E-state index is -0.934. The van der Waals surface area contributed by atoms with Gasteiger partial charge >= 0.3 is 5.97 Å². The molecule has 0 bridgehead atoms. The van der Waals surface area contributed by atoms with Crippen LogP contribution in [0, 0.1) is 5.92 Å². The first-order valence-electron chi connectivity index (χ1n) is 7.26. The van der Waals surface area contributed by atoms with Gasteiger partial charge in [0, 0.05) is 4.88 Å². The van der Waals surface area contributed by atoms with E-state index in [-0.39, 0.29) is 12.3 Å². The Morgan fingerprint density at radius 3 is 2.95 bits per heavy atom. The Labute approximate surface area is 128 Å². The predicted octanol–water partition coefficient (Wildman–Crippen LogP) is 2.29. The fourth-order valence-electron chi connectivity index (χ4n) is 2.99. The monoisotopic (exact) mass is 310 g/mol. The van der Waals surface area contributed by atoms with Crippen LogP contribution in [-0.4, -0.2) is 22.5 Å². The first kappa shape index (κ1) is 16.0. The number of carbonyl (C=O) groups is 2. The Hall–Kier alpha value is -1.40. The number of carboxylic acids is 1. The van der Waals surface area contributed by atoms with Crippen LogP contribution in [0.15, 0.2) is 17.5 Å². The van der Waals surface area contributed by atoms with Crippen molar-refractivity contribution in [2.75, 3.05) is 0 Å². The third kappa shape index (κ3) is 4.04. The molecule has 0 radical (unpaired) electrons. The molecule has 1 aromatic heterocycles. The normalized spacial score (nSPS) is 27.0. The van der Waals surface area contributed by atoms with Gasteiger partial charge in [0.05, 0.1) is 18.0 Å². The van der Waals surface area contributed by atoms with Gasteiger partial charge in [-0.2, -0.15) is 0 Å². The van der Waals surface area contributed by atoms with Crippen LogP contribution < -0.4 is 11.1 Å². The second kappa shape index (κ2) is 6.58. The number of nitrogens with one attached hydrogen (secondary N) is 1. The van der Waals surface area contributed by atoms with E-state index in [9.17, 15) is 9.59 Å². The van der Waals surface area contributed by atoms with Gasteiger partial charge in [-0.15, -0.1) is 11.3 Å². The molecule has 1 aliphatic rings. The molecule has 21 heavy (non-hydrogen) atoms. The van der Waals surface area contributed by atoms with Crippen molar-refractivity contribution >= 4 is 23.2 Å². The standard InChI is InChI=1S/C15H22N2O3S/c1-10-4-2-6-15(16,9-10)14(20)17-11(8-13(18)19)12-5-3-7-21-12/h3,5,7,10-11H,2,4,6,8-9,16H2,1H3,(H,17,20)(H,18,19). The number of aliphatic carboxylic acids is 1. The van der Waals surface area contributed by atoms with E-state index in [1.807, 2.05) is 17.5 Å². The maximum Gasteiger partial charge on any atom is 0.305 e. The summed E-state index contributed by atoms with van der Waals surface area (Å²) in [6.45, 7) is 2.10. The molecule has 4 N–H and O–H groups in total. The molecular weight excluding hydrogens is 288 g/mol. The maximum atomic E-state index is 12.5. The van der Waals surface area contributed by atoms with E-state index in [0.29, 0.717) is 18.8 Å². The minimum absolute atomic E-state index is 0.127. The number of amides is 1. The molecule has 2 rings (SSSR count). The van der Waals surface area contributed by atoms with Crippen LogP contribution in [0.5, 0.6) is 0 Å². The van der Waals surface area contributed by atoms with E-state index < -0.39 is 17.6 Å². The molecule has 0 aromatic carbocycles. The molecule has 0 aliphatic heterocycles. The van der Waals surface area contributed by atoms with Crippen molar-refractivity contribution in [2.24, 2.45) is 11.7 Å². The molecule has 1 saturated carbocycles. The largest absolute Gasteiger partial charge is 0.481 e. The molecule has 1 aromatic rings. The predicted molar refractivity (Wildman–Crippen MR) is 82.0 cm³/mol. The highest BCUT2D eigenvalue weighted by molar-refractivity contribution is 7.10. The Morgan fingerprint density at radius 2 is 2.38 bits per heavy atom. The number of hydrogen-bond acceptors (Lipinski definition) is 4. The number of rotatable bonds is 5. The van der Waals surface area contributed by atoms with E-state index in [2.05, 4.69) is 12.2 Å². The molecule has 0 saturated heterocycles. The van der Waals surface area contributed by atoms with Crippen molar-refractivity contribution in [3.8, 4) is 0 Å². The summed E-state index contributed by atoms with van der Waals surface area (Å²) in [6, 6.07) is 3.18. The smallest absolute Gasteiger partial charge is 0.305 e. The number of nitrogens with two attached hydrogens (primary N) is 1. The lowest BCUT2D eigenvalue weighted by molar-refractivity contribution is -0.138. The van der Waals surface area contributed by atoms with Gasteiger partial charge < -0.3 is 16.2 Å². The highest BCUT2D eigenvalue weighted by Crippen LogP contribution is 2.31. The average molecular weight is 310 g/mol. The Kier molecular flexibility index (Phi) is 5.00. The van der Waals surface area contributed by atoms with Crippen LogP contribution >= 0.6 is 11.3 Å². The second-order valence-electron chi connectivity index (χ2n) is 6.00. The average Bonchev–Trinajstić information content (AvgIpc) is 2.90. The molecule has 1 heterocycles. The maximum absolute atomic E-state index is 12.5. The fraction of sp³-hybridized carbons (Fsp3) is 0.600. The lowest BCUT2D eigenvalue weighted by Gasteiger charge is -2.36. The summed E-state index contributed by atoms with van der Waals surface area (Å²) in [5.74, 6) is -0.736. The molecular formula is C15H22N2O3S. The topological polar surface area (TPSA) is 92.4 Å². The quantitative estimate of drug-likeness (QED) is 0.778. The summed E-state index contributed by atoms with van der Waals surface area (Å²) in [5, 5.41) is 13.8. The van der Waals surface area contributed by atoms with Gasteiger partial charge in [-0.1, -0.05) is 25.8 Å². The third-order valence-electron chi connectivity index (χ3n) is 4.06. The highest BCUT2D eigenvalue weighted by Gasteiger charge is 2.39. The zero-order chi connectivity index (χ0) is 15.5. The van der Waals surface area contributed by atoms with E-state index in [4.69, 9.17) is 10.8 Å². The molecule has 6 heteroatoms. The molecule has 1 amide bonds. The number of carbonyl (C=O) groups excluding carboxylic acids is 1. The molecule has 116 valence electrons. The molecule has 3 unspecified atom stereocenters. The van der Waals surface area contributed by atoms with Crippen molar-refractivity contribution in [3.63, 3.8) is 0 Å². The number of carboxylic acid groups (broad SMARTS) is 1. The van der Waals surface area contributed by atoms with Gasteiger partial charge in [-0.05, 0) is 30.2 Å². The summed E-state index contributed by atoms with van der Waals surface area (Å²) in [4.78, 5) is 24.4. The summed E-state index contributed by atoms with van der Waals surface area (Å²) in [6.07, 6.45) is 3.22. The van der Waals surface area contributed by atoms with E-state index in [1.54, 1.807) is 0 Å². The molecule has 1 aliphatic carbocycles. The van der Waals surface area contributed by atoms with Crippen LogP contribution in [0.1, 0.15) is 49.9 Å². The Bertz CT molecular complexity index is 503. The Morgan fingerprint density at radius 1 is 1.62 bits per heavy atom. The van der Waals surface area contributed by atoms with Crippen LogP contribution in [0.2, 0.25) is 0 Å². The van der Waals surface area contributed by atoms with E-state index in [0.717, 1.165) is 17.7 Å². The highest BCUT2D eigenvalue weighted by atomic mass is 32.1. The summed E-state index contributed by atoms with van der Waals surface area (Å²) < 4.78 is 0. The third-order valence-corrected chi connectivity index (χ3v) is 5.04. The minimum Gasteiger partial charge on any atom is -0.481 e. The summed E-state index contributed by atoms with van der Waals surface area (Å²) >= 11 is 1.44. The van der Waals surface area contributed by atoms with E-state index >= 15 is 0 Å². The first-order chi connectivity index (χ1) is 9.90. The molecule has 5 nitrogen and oxygen atoms in total. The van der Waals surface area contributed by atoms with Gasteiger partial charge in [-0.25, -0.2) is 0 Å². The zero-order valence-electron chi connectivity index (χ0n) is 12.2. The van der Waals surface area contributed by atoms with Crippen LogP contribution in [-0.2, 0) is 9.59 Å².